The van der Waals surface area contributed by atoms with Gasteiger partial charge in [-0.3, -0.25) is 0 Å². The van der Waals surface area contributed by atoms with Gasteiger partial charge in [0.15, 0.2) is 0 Å². The van der Waals surface area contributed by atoms with E-state index in [0.717, 1.165) is 6.42 Å². The monoisotopic (exact) mass is 204 g/mol. The minimum atomic E-state index is -4.12. The zero-order chi connectivity index (χ0) is 10.8. The van der Waals surface area contributed by atoms with E-state index >= 15 is 0 Å². The van der Waals surface area contributed by atoms with E-state index in [1.165, 1.54) is 12.2 Å². The average molecular weight is 204 g/mol. The Balaban J connectivity index is 2.82. The molecule has 0 aromatic rings. The lowest BCUT2D eigenvalue weighted by Crippen LogP contribution is -2.32. The molecule has 0 bridgehead atoms. The van der Waals surface area contributed by atoms with E-state index in [0.29, 0.717) is 0 Å². The molecule has 1 aliphatic rings. The van der Waals surface area contributed by atoms with Gasteiger partial charge in [-0.15, -0.1) is 0 Å². The highest BCUT2D eigenvalue weighted by atomic mass is 19.4. The van der Waals surface area contributed by atoms with Gasteiger partial charge in [-0.1, -0.05) is 44.6 Å². The molecule has 1 rings (SSSR count). The van der Waals surface area contributed by atoms with Crippen LogP contribution in [0.3, 0.4) is 0 Å². The zero-order valence-corrected chi connectivity index (χ0v) is 8.38. The standard InChI is InChI=1S/C11H15F3/c1-3-8(2)9-6-4-5-7-10(9)11(12,13)14/h4-10H,3H2,1-2H3. The van der Waals surface area contributed by atoms with Crippen LogP contribution in [0.4, 0.5) is 13.2 Å². The van der Waals surface area contributed by atoms with Crippen molar-refractivity contribution >= 4 is 0 Å². The summed E-state index contributed by atoms with van der Waals surface area (Å²) in [4.78, 5) is 0. The van der Waals surface area contributed by atoms with Crippen LogP contribution in [0.15, 0.2) is 24.3 Å². The summed E-state index contributed by atoms with van der Waals surface area (Å²) in [6.07, 6.45) is 2.78. The summed E-state index contributed by atoms with van der Waals surface area (Å²) in [6.45, 7) is 3.79. The molecule has 0 nitrogen and oxygen atoms in total. The third kappa shape index (κ3) is 2.40. The van der Waals surface area contributed by atoms with Gasteiger partial charge in [0.05, 0.1) is 5.92 Å². The van der Waals surface area contributed by atoms with Crippen molar-refractivity contribution in [2.24, 2.45) is 17.8 Å². The van der Waals surface area contributed by atoms with E-state index in [1.807, 2.05) is 13.8 Å². The van der Waals surface area contributed by atoms with E-state index in [-0.39, 0.29) is 5.92 Å². The van der Waals surface area contributed by atoms with Crippen LogP contribution in [-0.4, -0.2) is 6.18 Å². The van der Waals surface area contributed by atoms with Crippen LogP contribution < -0.4 is 0 Å². The molecule has 3 heteroatoms. The van der Waals surface area contributed by atoms with Crippen LogP contribution in [-0.2, 0) is 0 Å². The number of allylic oxidation sites excluding steroid dienone is 4. The van der Waals surface area contributed by atoms with Crippen LogP contribution >= 0.6 is 0 Å². The molecule has 0 spiro atoms. The summed E-state index contributed by atoms with van der Waals surface area (Å²) >= 11 is 0. The number of hydrogen-bond acceptors (Lipinski definition) is 0. The first-order valence-electron chi connectivity index (χ1n) is 4.88. The van der Waals surface area contributed by atoms with Gasteiger partial charge in [0.2, 0.25) is 0 Å². The minimum Gasteiger partial charge on any atom is -0.170 e. The highest BCUT2D eigenvalue weighted by Gasteiger charge is 2.43. The summed E-state index contributed by atoms with van der Waals surface area (Å²) in [6, 6.07) is 0. The molecule has 0 aromatic carbocycles. The van der Waals surface area contributed by atoms with Crippen molar-refractivity contribution in [2.45, 2.75) is 26.4 Å². The molecule has 3 unspecified atom stereocenters. The summed E-state index contributed by atoms with van der Waals surface area (Å²) < 4.78 is 37.8. The number of hydrogen-bond donors (Lipinski definition) is 0. The lowest BCUT2D eigenvalue weighted by atomic mass is 9.78. The number of halogens is 3. The summed E-state index contributed by atoms with van der Waals surface area (Å²) in [5.74, 6) is -1.63. The second-order valence-electron chi connectivity index (χ2n) is 3.80. The predicted molar refractivity (Wildman–Crippen MR) is 50.8 cm³/mol. The van der Waals surface area contributed by atoms with Gasteiger partial charge in [0.1, 0.15) is 0 Å². The molecule has 80 valence electrons. The summed E-state index contributed by atoms with van der Waals surface area (Å²) in [5, 5.41) is 0. The van der Waals surface area contributed by atoms with Gasteiger partial charge in [0.25, 0.3) is 0 Å². The van der Waals surface area contributed by atoms with Crippen LogP contribution in [0.5, 0.6) is 0 Å². The number of rotatable bonds is 2. The van der Waals surface area contributed by atoms with E-state index in [1.54, 1.807) is 12.2 Å². The molecule has 0 saturated heterocycles. The second-order valence-corrected chi connectivity index (χ2v) is 3.80. The predicted octanol–water partition coefficient (Wildman–Crippen LogP) is 3.95. The van der Waals surface area contributed by atoms with E-state index in [2.05, 4.69) is 0 Å². The number of alkyl halides is 3. The average Bonchev–Trinajstić information content (AvgIpc) is 2.15. The molecule has 0 aromatic heterocycles. The van der Waals surface area contributed by atoms with Gasteiger partial charge in [-0.05, 0) is 11.8 Å². The molecule has 0 heterocycles. The first kappa shape index (κ1) is 11.3. The summed E-state index contributed by atoms with van der Waals surface area (Å²) in [5.41, 5.74) is 0. The normalized spacial score (nSPS) is 29.2. The lowest BCUT2D eigenvalue weighted by molar-refractivity contribution is -0.174. The third-order valence-corrected chi connectivity index (χ3v) is 2.86. The Hall–Kier alpha value is -0.730. The quantitative estimate of drug-likeness (QED) is 0.638. The topological polar surface area (TPSA) is 0 Å². The molecule has 1 aliphatic carbocycles. The van der Waals surface area contributed by atoms with E-state index < -0.39 is 18.0 Å². The minimum absolute atomic E-state index is 0.0721. The lowest BCUT2D eigenvalue weighted by Gasteiger charge is -2.30. The van der Waals surface area contributed by atoms with Crippen LogP contribution in [0.2, 0.25) is 0 Å². The van der Waals surface area contributed by atoms with Crippen molar-refractivity contribution in [1.29, 1.82) is 0 Å². The Morgan fingerprint density at radius 2 is 1.79 bits per heavy atom. The maximum atomic E-state index is 12.6. The molecule has 3 atom stereocenters. The fraction of sp³-hybridized carbons (Fsp3) is 0.636. The fourth-order valence-corrected chi connectivity index (χ4v) is 1.77. The molecular weight excluding hydrogens is 189 g/mol. The zero-order valence-electron chi connectivity index (χ0n) is 8.38. The van der Waals surface area contributed by atoms with Gasteiger partial charge in [-0.2, -0.15) is 13.2 Å². The van der Waals surface area contributed by atoms with E-state index in [4.69, 9.17) is 0 Å². The molecule has 0 amide bonds. The first-order chi connectivity index (χ1) is 6.46. The Kier molecular flexibility index (Phi) is 3.40. The van der Waals surface area contributed by atoms with Gasteiger partial charge in [0, 0.05) is 0 Å². The van der Waals surface area contributed by atoms with Crippen molar-refractivity contribution in [3.8, 4) is 0 Å². The molecular formula is C11H15F3. The smallest absolute Gasteiger partial charge is 0.170 e. The van der Waals surface area contributed by atoms with Crippen LogP contribution in [0, 0.1) is 17.8 Å². The van der Waals surface area contributed by atoms with Gasteiger partial charge in [-0.25, -0.2) is 0 Å². The maximum Gasteiger partial charge on any atom is 0.395 e. The second kappa shape index (κ2) is 4.20. The molecule has 14 heavy (non-hydrogen) atoms. The van der Waals surface area contributed by atoms with Crippen molar-refractivity contribution in [3.05, 3.63) is 24.3 Å². The Labute approximate surface area is 82.5 Å². The SMILES string of the molecule is CCC(C)C1C=CC=CC1C(F)(F)F. The first-order valence-corrected chi connectivity index (χ1v) is 4.88. The van der Waals surface area contributed by atoms with Crippen molar-refractivity contribution in [1.82, 2.24) is 0 Å². The Morgan fingerprint density at radius 1 is 1.21 bits per heavy atom. The maximum absolute atomic E-state index is 12.6. The molecule has 0 N–H and O–H groups in total. The Morgan fingerprint density at radius 3 is 2.29 bits per heavy atom. The van der Waals surface area contributed by atoms with Crippen LogP contribution in [0.25, 0.3) is 0 Å². The van der Waals surface area contributed by atoms with Crippen molar-refractivity contribution in [2.75, 3.05) is 0 Å². The summed E-state index contributed by atoms with van der Waals surface area (Å²) in [7, 11) is 0. The Bertz CT molecular complexity index is 237. The van der Waals surface area contributed by atoms with Gasteiger partial charge >= 0.3 is 6.18 Å². The third-order valence-electron chi connectivity index (χ3n) is 2.86. The largest absolute Gasteiger partial charge is 0.395 e. The highest BCUT2D eigenvalue weighted by molar-refractivity contribution is 5.16. The fourth-order valence-electron chi connectivity index (χ4n) is 1.77. The highest BCUT2D eigenvalue weighted by Crippen LogP contribution is 2.39. The van der Waals surface area contributed by atoms with Crippen molar-refractivity contribution < 1.29 is 13.2 Å². The molecule has 0 aliphatic heterocycles. The molecule has 0 radical (unpaired) electrons. The van der Waals surface area contributed by atoms with E-state index in [9.17, 15) is 13.2 Å². The van der Waals surface area contributed by atoms with Crippen LogP contribution in [0.1, 0.15) is 20.3 Å². The van der Waals surface area contributed by atoms with Crippen molar-refractivity contribution in [3.63, 3.8) is 0 Å². The molecule has 0 saturated carbocycles. The van der Waals surface area contributed by atoms with Gasteiger partial charge < -0.3 is 0 Å². The molecule has 0 fully saturated rings.